The fraction of sp³-hybridized carbons (Fsp3) is 0.222. The smallest absolute Gasteiger partial charge is 0.225 e. The largest absolute Gasteiger partial charge is 0.497 e. The van der Waals surface area contributed by atoms with Crippen molar-refractivity contribution in [2.75, 3.05) is 14.2 Å². The molecule has 0 aliphatic rings. The van der Waals surface area contributed by atoms with Gasteiger partial charge in [0.1, 0.15) is 11.4 Å². The molecule has 4 rings (SSSR count). The molecule has 180 valence electrons. The Balaban J connectivity index is 1.54. The van der Waals surface area contributed by atoms with Gasteiger partial charge < -0.3 is 15.0 Å². The maximum Gasteiger partial charge on any atom is 0.225 e. The summed E-state index contributed by atoms with van der Waals surface area (Å²) in [5.74, 6) is 0.449. The number of thiophene rings is 1. The lowest BCUT2D eigenvalue weighted by Gasteiger charge is -2.23. The highest BCUT2D eigenvalue weighted by Crippen LogP contribution is 2.29. The van der Waals surface area contributed by atoms with E-state index in [0.717, 1.165) is 33.1 Å². The Kier molecular flexibility index (Phi) is 7.62. The summed E-state index contributed by atoms with van der Waals surface area (Å²) >= 11 is 1.61. The number of carbonyl (C=O) groups is 2. The molecule has 8 heteroatoms. The van der Waals surface area contributed by atoms with Crippen LogP contribution in [0.5, 0.6) is 5.75 Å². The molecule has 1 atom stereocenters. The predicted molar refractivity (Wildman–Crippen MR) is 138 cm³/mol. The van der Waals surface area contributed by atoms with Crippen LogP contribution in [-0.2, 0) is 16.1 Å². The Morgan fingerprint density at radius 2 is 1.83 bits per heavy atom. The van der Waals surface area contributed by atoms with Gasteiger partial charge in [0.15, 0.2) is 0 Å². The number of amides is 2. The Bertz CT molecular complexity index is 1270. The van der Waals surface area contributed by atoms with Crippen molar-refractivity contribution < 1.29 is 14.3 Å². The molecule has 0 bridgehead atoms. The summed E-state index contributed by atoms with van der Waals surface area (Å²) < 4.78 is 7.07. The van der Waals surface area contributed by atoms with Gasteiger partial charge in [-0.15, -0.1) is 11.3 Å². The van der Waals surface area contributed by atoms with Crippen molar-refractivity contribution >= 4 is 23.2 Å². The van der Waals surface area contributed by atoms with Crippen LogP contribution in [0.15, 0.2) is 78.3 Å². The second-order valence-corrected chi connectivity index (χ2v) is 9.19. The van der Waals surface area contributed by atoms with Crippen LogP contribution in [0.4, 0.5) is 0 Å². The number of aromatic nitrogens is 2. The minimum Gasteiger partial charge on any atom is -0.497 e. The number of rotatable bonds is 9. The first-order chi connectivity index (χ1) is 16.9. The van der Waals surface area contributed by atoms with Crippen LogP contribution in [0.1, 0.15) is 30.5 Å². The first-order valence-corrected chi connectivity index (χ1v) is 12.2. The van der Waals surface area contributed by atoms with E-state index < -0.39 is 6.04 Å². The molecule has 7 nitrogen and oxygen atoms in total. The normalized spacial score (nSPS) is 11.6. The lowest BCUT2D eigenvalue weighted by Crippen LogP contribution is -2.33. The number of hydrogen-bond acceptors (Lipinski definition) is 5. The molecule has 0 aliphatic carbocycles. The quantitative estimate of drug-likeness (QED) is 0.366. The second-order valence-electron chi connectivity index (χ2n) is 8.24. The summed E-state index contributed by atoms with van der Waals surface area (Å²) in [6.45, 7) is 1.85. The van der Waals surface area contributed by atoms with Crippen LogP contribution in [0.3, 0.4) is 0 Å². The first-order valence-electron chi connectivity index (χ1n) is 11.3. The maximum absolute atomic E-state index is 13.2. The van der Waals surface area contributed by atoms with Gasteiger partial charge in [-0.25, -0.2) is 4.68 Å². The highest BCUT2D eigenvalue weighted by molar-refractivity contribution is 7.13. The van der Waals surface area contributed by atoms with Crippen molar-refractivity contribution in [3.63, 3.8) is 0 Å². The van der Waals surface area contributed by atoms with Crippen LogP contribution >= 0.6 is 11.3 Å². The van der Waals surface area contributed by atoms with E-state index in [9.17, 15) is 9.59 Å². The van der Waals surface area contributed by atoms with E-state index in [0.29, 0.717) is 6.54 Å². The minimum absolute atomic E-state index is 0.0795. The average molecular weight is 489 g/mol. The number of ether oxygens (including phenoxy) is 1. The van der Waals surface area contributed by atoms with E-state index in [1.54, 1.807) is 30.4 Å². The molecule has 2 amide bonds. The minimum atomic E-state index is -0.433. The van der Waals surface area contributed by atoms with E-state index in [1.165, 1.54) is 6.92 Å². The molecule has 0 fully saturated rings. The summed E-state index contributed by atoms with van der Waals surface area (Å²) in [5, 5.41) is 9.74. The molecule has 1 unspecified atom stereocenters. The molecular formula is C27H28N4O3S. The Hall–Kier alpha value is -3.91. The molecule has 1 N–H and O–H groups in total. The van der Waals surface area contributed by atoms with Gasteiger partial charge in [-0.1, -0.05) is 36.4 Å². The number of para-hydroxylation sites is 1. The summed E-state index contributed by atoms with van der Waals surface area (Å²) in [6.07, 6.45) is 2.12. The lowest BCUT2D eigenvalue weighted by atomic mass is 10.0. The summed E-state index contributed by atoms with van der Waals surface area (Å²) in [5.41, 5.74) is 3.61. The second kappa shape index (κ2) is 11.0. The van der Waals surface area contributed by atoms with Gasteiger partial charge >= 0.3 is 0 Å². The SMILES string of the molecule is COc1ccc(C(CC(=O)N(C)Cc2cn(-c3ccccc3)nc2-c2cccs2)NC(C)=O)cc1. The van der Waals surface area contributed by atoms with Crippen molar-refractivity contribution in [2.45, 2.75) is 25.9 Å². The third-order valence-corrected chi connectivity index (χ3v) is 6.55. The van der Waals surface area contributed by atoms with Crippen molar-refractivity contribution in [3.05, 3.63) is 89.4 Å². The third-order valence-electron chi connectivity index (χ3n) is 5.67. The van der Waals surface area contributed by atoms with Crippen molar-refractivity contribution in [1.29, 1.82) is 0 Å². The molecule has 4 aromatic rings. The zero-order valence-corrected chi connectivity index (χ0v) is 20.8. The lowest BCUT2D eigenvalue weighted by molar-refractivity contribution is -0.131. The standard InChI is InChI=1S/C27H28N4O3S/c1-19(32)28-24(20-11-13-23(34-3)14-12-20)16-26(33)30(2)17-21-18-31(22-8-5-4-6-9-22)29-27(21)25-10-7-15-35-25/h4-15,18,24H,16-17H2,1-3H3,(H,28,32). The van der Waals surface area contributed by atoms with Gasteiger partial charge in [0.05, 0.1) is 30.1 Å². The molecule has 2 heterocycles. The van der Waals surface area contributed by atoms with Crippen LogP contribution < -0.4 is 10.1 Å². The number of methoxy groups -OCH3 is 1. The molecule has 0 saturated carbocycles. The average Bonchev–Trinajstić information content (AvgIpc) is 3.54. The van der Waals surface area contributed by atoms with E-state index in [4.69, 9.17) is 9.84 Å². The predicted octanol–water partition coefficient (Wildman–Crippen LogP) is 4.84. The van der Waals surface area contributed by atoms with Gasteiger partial charge in [0.25, 0.3) is 0 Å². The molecule has 2 aromatic heterocycles. The van der Waals surface area contributed by atoms with Gasteiger partial charge in [0, 0.05) is 32.3 Å². The van der Waals surface area contributed by atoms with E-state index in [-0.39, 0.29) is 18.2 Å². The van der Waals surface area contributed by atoms with Gasteiger partial charge in [-0.2, -0.15) is 5.10 Å². The molecular weight excluding hydrogens is 460 g/mol. The summed E-state index contributed by atoms with van der Waals surface area (Å²) in [7, 11) is 3.38. The van der Waals surface area contributed by atoms with Crippen LogP contribution in [0.25, 0.3) is 16.3 Å². The van der Waals surface area contributed by atoms with Crippen LogP contribution in [-0.4, -0.2) is 40.7 Å². The van der Waals surface area contributed by atoms with Gasteiger partial charge in [-0.3, -0.25) is 9.59 Å². The zero-order valence-electron chi connectivity index (χ0n) is 20.0. The number of nitrogens with zero attached hydrogens (tertiary/aromatic N) is 3. The Morgan fingerprint density at radius 1 is 1.09 bits per heavy atom. The molecule has 2 aromatic carbocycles. The number of hydrogen-bond donors (Lipinski definition) is 1. The topological polar surface area (TPSA) is 76.5 Å². The maximum atomic E-state index is 13.2. The molecule has 0 saturated heterocycles. The van der Waals surface area contributed by atoms with E-state index >= 15 is 0 Å². The number of benzene rings is 2. The van der Waals surface area contributed by atoms with E-state index in [1.807, 2.05) is 83.0 Å². The summed E-state index contributed by atoms with van der Waals surface area (Å²) in [6, 6.07) is 20.9. The van der Waals surface area contributed by atoms with Crippen LogP contribution in [0, 0.1) is 0 Å². The van der Waals surface area contributed by atoms with E-state index in [2.05, 4.69) is 5.32 Å². The van der Waals surface area contributed by atoms with Crippen molar-refractivity contribution in [2.24, 2.45) is 0 Å². The monoisotopic (exact) mass is 488 g/mol. The highest BCUT2D eigenvalue weighted by Gasteiger charge is 2.22. The van der Waals surface area contributed by atoms with Gasteiger partial charge in [0.2, 0.25) is 11.8 Å². The molecule has 0 radical (unpaired) electrons. The summed E-state index contributed by atoms with van der Waals surface area (Å²) in [4.78, 5) is 27.8. The molecule has 0 aliphatic heterocycles. The first kappa shape index (κ1) is 24.2. The van der Waals surface area contributed by atoms with Gasteiger partial charge in [-0.05, 0) is 41.3 Å². The fourth-order valence-corrected chi connectivity index (χ4v) is 4.61. The zero-order chi connectivity index (χ0) is 24.8. The Morgan fingerprint density at radius 3 is 2.46 bits per heavy atom. The van der Waals surface area contributed by atoms with Crippen molar-refractivity contribution in [1.82, 2.24) is 20.0 Å². The Labute approximate surface area is 209 Å². The van der Waals surface area contributed by atoms with Crippen molar-refractivity contribution in [3.8, 4) is 22.0 Å². The number of nitrogens with one attached hydrogen (secondary N) is 1. The molecule has 35 heavy (non-hydrogen) atoms. The number of carbonyl (C=O) groups excluding carboxylic acids is 2. The highest BCUT2D eigenvalue weighted by atomic mass is 32.1. The van der Waals surface area contributed by atoms with Crippen LogP contribution in [0.2, 0.25) is 0 Å². The fourth-order valence-electron chi connectivity index (χ4n) is 3.87. The molecule has 0 spiro atoms. The third kappa shape index (κ3) is 5.96.